The Kier molecular flexibility index (Phi) is 4.25. The molecule has 0 saturated carbocycles. The van der Waals surface area contributed by atoms with E-state index >= 15 is 0 Å². The van der Waals surface area contributed by atoms with Gasteiger partial charge in [0.15, 0.2) is 0 Å². The van der Waals surface area contributed by atoms with Crippen LogP contribution in [0, 0.1) is 0 Å². The standard InChI is InChI=1S/C16H17NO3/c17-16(20)10-9-15(11-1-5-13(18)6-2-11)12-3-7-14(19)8-4-12/h1-8,15,18-19H,9-10H2,(H2,17,20). The summed E-state index contributed by atoms with van der Waals surface area (Å²) < 4.78 is 0. The molecule has 0 aromatic heterocycles. The van der Waals surface area contributed by atoms with Crippen molar-refractivity contribution in [2.24, 2.45) is 5.73 Å². The van der Waals surface area contributed by atoms with Crippen LogP contribution in [0.2, 0.25) is 0 Å². The fourth-order valence-electron chi connectivity index (χ4n) is 2.23. The summed E-state index contributed by atoms with van der Waals surface area (Å²) in [4.78, 5) is 11.0. The summed E-state index contributed by atoms with van der Waals surface area (Å²) in [5, 5.41) is 18.7. The predicted molar refractivity (Wildman–Crippen MR) is 76.5 cm³/mol. The topological polar surface area (TPSA) is 83.6 Å². The minimum absolute atomic E-state index is 0.00343. The molecule has 0 saturated heterocycles. The van der Waals surface area contributed by atoms with E-state index in [1.807, 2.05) is 24.3 Å². The van der Waals surface area contributed by atoms with Crippen molar-refractivity contribution in [3.05, 3.63) is 59.7 Å². The lowest BCUT2D eigenvalue weighted by atomic mass is 9.87. The first-order valence-electron chi connectivity index (χ1n) is 6.42. The van der Waals surface area contributed by atoms with E-state index in [2.05, 4.69) is 0 Å². The van der Waals surface area contributed by atoms with Gasteiger partial charge in [0, 0.05) is 12.3 Å². The third-order valence-electron chi connectivity index (χ3n) is 3.27. The fraction of sp³-hybridized carbons (Fsp3) is 0.188. The first-order chi connectivity index (χ1) is 9.56. The fourth-order valence-corrected chi connectivity index (χ4v) is 2.23. The molecule has 0 fully saturated rings. The maximum absolute atomic E-state index is 11.0. The number of phenolic OH excluding ortho intramolecular Hbond substituents is 2. The summed E-state index contributed by atoms with van der Waals surface area (Å²) in [7, 11) is 0. The van der Waals surface area contributed by atoms with Gasteiger partial charge in [0.1, 0.15) is 11.5 Å². The third kappa shape index (κ3) is 3.51. The van der Waals surface area contributed by atoms with Gasteiger partial charge in [-0.2, -0.15) is 0 Å². The van der Waals surface area contributed by atoms with Gasteiger partial charge in [0.2, 0.25) is 5.91 Å². The predicted octanol–water partition coefficient (Wildman–Crippen LogP) is 2.50. The number of hydrogen-bond acceptors (Lipinski definition) is 3. The summed E-state index contributed by atoms with van der Waals surface area (Å²) >= 11 is 0. The summed E-state index contributed by atoms with van der Waals surface area (Å²) in [6.45, 7) is 0. The zero-order valence-corrected chi connectivity index (χ0v) is 11.0. The van der Waals surface area contributed by atoms with Gasteiger partial charge in [-0.15, -0.1) is 0 Å². The maximum atomic E-state index is 11.0. The molecule has 0 aliphatic rings. The number of nitrogens with two attached hydrogens (primary N) is 1. The van der Waals surface area contributed by atoms with Crippen LogP contribution < -0.4 is 5.73 Å². The molecule has 0 unspecified atom stereocenters. The molecule has 0 spiro atoms. The van der Waals surface area contributed by atoms with E-state index in [0.717, 1.165) is 11.1 Å². The highest BCUT2D eigenvalue weighted by molar-refractivity contribution is 5.73. The molecular weight excluding hydrogens is 254 g/mol. The minimum Gasteiger partial charge on any atom is -0.508 e. The SMILES string of the molecule is NC(=O)CCC(c1ccc(O)cc1)c1ccc(O)cc1. The molecule has 0 bridgehead atoms. The van der Waals surface area contributed by atoms with Gasteiger partial charge in [-0.05, 0) is 41.8 Å². The smallest absolute Gasteiger partial charge is 0.217 e. The van der Waals surface area contributed by atoms with Crippen molar-refractivity contribution in [2.45, 2.75) is 18.8 Å². The molecule has 2 aromatic rings. The Bertz CT molecular complexity index is 530. The van der Waals surface area contributed by atoms with E-state index < -0.39 is 0 Å². The molecule has 0 aliphatic heterocycles. The molecule has 0 aliphatic carbocycles. The Balaban J connectivity index is 2.30. The number of benzene rings is 2. The lowest BCUT2D eigenvalue weighted by Gasteiger charge is -2.17. The Labute approximate surface area is 117 Å². The van der Waals surface area contributed by atoms with E-state index in [1.54, 1.807) is 24.3 Å². The minimum atomic E-state index is -0.340. The van der Waals surface area contributed by atoms with Gasteiger partial charge in [-0.25, -0.2) is 0 Å². The first-order valence-corrected chi connectivity index (χ1v) is 6.42. The number of hydrogen-bond donors (Lipinski definition) is 3. The van der Waals surface area contributed by atoms with E-state index in [9.17, 15) is 15.0 Å². The van der Waals surface area contributed by atoms with Crippen molar-refractivity contribution in [1.82, 2.24) is 0 Å². The molecule has 4 nitrogen and oxygen atoms in total. The lowest BCUT2D eigenvalue weighted by Crippen LogP contribution is -2.12. The Morgan fingerprint density at radius 2 is 1.30 bits per heavy atom. The van der Waals surface area contributed by atoms with Gasteiger partial charge in [-0.1, -0.05) is 24.3 Å². The zero-order chi connectivity index (χ0) is 14.5. The molecule has 104 valence electrons. The highest BCUT2D eigenvalue weighted by atomic mass is 16.3. The summed E-state index contributed by atoms with van der Waals surface area (Å²) in [5.74, 6) is 0.0671. The van der Waals surface area contributed by atoms with Crippen molar-refractivity contribution in [3.63, 3.8) is 0 Å². The number of amides is 1. The average molecular weight is 271 g/mol. The molecule has 1 amide bonds. The van der Waals surface area contributed by atoms with Crippen molar-refractivity contribution in [3.8, 4) is 11.5 Å². The Morgan fingerprint density at radius 3 is 1.65 bits per heavy atom. The highest BCUT2D eigenvalue weighted by Gasteiger charge is 2.15. The van der Waals surface area contributed by atoms with Crippen molar-refractivity contribution in [2.75, 3.05) is 0 Å². The second-order valence-corrected chi connectivity index (χ2v) is 4.74. The third-order valence-corrected chi connectivity index (χ3v) is 3.27. The van der Waals surface area contributed by atoms with E-state index in [4.69, 9.17) is 5.73 Å². The number of carbonyl (C=O) groups excluding carboxylic acids is 1. The summed E-state index contributed by atoms with van der Waals surface area (Å²) in [5.41, 5.74) is 7.22. The van der Waals surface area contributed by atoms with Gasteiger partial charge in [0.25, 0.3) is 0 Å². The van der Waals surface area contributed by atoms with Crippen LogP contribution in [0.5, 0.6) is 11.5 Å². The van der Waals surface area contributed by atoms with Gasteiger partial charge in [-0.3, -0.25) is 4.79 Å². The van der Waals surface area contributed by atoms with Gasteiger partial charge >= 0.3 is 0 Å². The number of primary amides is 1. The van der Waals surface area contributed by atoms with E-state index in [-0.39, 0.29) is 29.7 Å². The quantitative estimate of drug-likeness (QED) is 0.781. The Morgan fingerprint density at radius 1 is 0.900 bits per heavy atom. The largest absolute Gasteiger partial charge is 0.508 e. The van der Waals surface area contributed by atoms with Gasteiger partial charge in [0.05, 0.1) is 0 Å². The monoisotopic (exact) mass is 271 g/mol. The molecule has 2 rings (SSSR count). The Hall–Kier alpha value is -2.49. The van der Waals surface area contributed by atoms with Crippen molar-refractivity contribution >= 4 is 5.91 Å². The summed E-state index contributed by atoms with van der Waals surface area (Å²) in [6, 6.07) is 13.8. The molecular formula is C16H17NO3. The molecule has 0 atom stereocenters. The van der Waals surface area contributed by atoms with E-state index in [0.29, 0.717) is 6.42 Å². The maximum Gasteiger partial charge on any atom is 0.217 e. The molecule has 0 heterocycles. The van der Waals surface area contributed by atoms with Crippen molar-refractivity contribution < 1.29 is 15.0 Å². The van der Waals surface area contributed by atoms with Crippen molar-refractivity contribution in [1.29, 1.82) is 0 Å². The number of aromatic hydroxyl groups is 2. The number of carbonyl (C=O) groups is 1. The molecule has 20 heavy (non-hydrogen) atoms. The van der Waals surface area contributed by atoms with Crippen LogP contribution in [0.25, 0.3) is 0 Å². The van der Waals surface area contributed by atoms with Crippen LogP contribution in [0.1, 0.15) is 29.9 Å². The molecule has 0 radical (unpaired) electrons. The number of rotatable bonds is 5. The average Bonchev–Trinajstić information content (AvgIpc) is 2.42. The van der Waals surface area contributed by atoms with Crippen LogP contribution in [0.15, 0.2) is 48.5 Å². The normalized spacial score (nSPS) is 10.7. The molecule has 4 heteroatoms. The second kappa shape index (κ2) is 6.10. The van der Waals surface area contributed by atoms with Crippen LogP contribution >= 0.6 is 0 Å². The number of phenols is 2. The zero-order valence-electron chi connectivity index (χ0n) is 11.0. The highest BCUT2D eigenvalue weighted by Crippen LogP contribution is 2.31. The van der Waals surface area contributed by atoms with Crippen LogP contribution in [0.3, 0.4) is 0 Å². The van der Waals surface area contributed by atoms with Gasteiger partial charge < -0.3 is 15.9 Å². The lowest BCUT2D eigenvalue weighted by molar-refractivity contribution is -0.118. The summed E-state index contributed by atoms with van der Waals surface area (Å²) in [6.07, 6.45) is 0.872. The second-order valence-electron chi connectivity index (χ2n) is 4.74. The van der Waals surface area contributed by atoms with E-state index in [1.165, 1.54) is 0 Å². The van der Waals surface area contributed by atoms with Crippen LogP contribution in [-0.2, 0) is 4.79 Å². The molecule has 2 aromatic carbocycles. The molecule has 4 N–H and O–H groups in total. The van der Waals surface area contributed by atoms with Crippen LogP contribution in [0.4, 0.5) is 0 Å². The van der Waals surface area contributed by atoms with Crippen LogP contribution in [-0.4, -0.2) is 16.1 Å². The first kappa shape index (κ1) is 13.9.